The first-order valence-electron chi connectivity index (χ1n) is 4.95. The molecule has 1 heterocycles. The molecule has 0 aromatic rings. The standard InChI is InChI=1S/C8H17ClNO3P/c9-5-7-10-6-3-1-2-4-8-13-14(10,11)12/h1-8H2,(H,11,12). The summed E-state index contributed by atoms with van der Waals surface area (Å²) in [4.78, 5) is 9.60. The molecular weight excluding hydrogens is 225 g/mol. The lowest BCUT2D eigenvalue weighted by atomic mass is 10.2. The maximum absolute atomic E-state index is 11.7. The second kappa shape index (κ2) is 6.09. The van der Waals surface area contributed by atoms with Crippen molar-refractivity contribution in [2.24, 2.45) is 0 Å². The molecule has 1 aliphatic rings. The van der Waals surface area contributed by atoms with Gasteiger partial charge in [-0.15, -0.1) is 11.6 Å². The summed E-state index contributed by atoms with van der Waals surface area (Å²) < 4.78 is 18.1. The Hall–Kier alpha value is 0.400. The van der Waals surface area contributed by atoms with Gasteiger partial charge in [0, 0.05) is 19.0 Å². The van der Waals surface area contributed by atoms with Crippen LogP contribution in [0, 0.1) is 0 Å². The third-order valence-corrected chi connectivity index (χ3v) is 4.07. The third kappa shape index (κ3) is 3.87. The van der Waals surface area contributed by atoms with Crippen LogP contribution in [-0.2, 0) is 9.09 Å². The highest BCUT2D eigenvalue weighted by molar-refractivity contribution is 7.50. The minimum absolute atomic E-state index is 0.355. The fraction of sp³-hybridized carbons (Fsp3) is 1.00. The Morgan fingerprint density at radius 3 is 2.79 bits per heavy atom. The predicted octanol–water partition coefficient (Wildman–Crippen LogP) is 2.22. The summed E-state index contributed by atoms with van der Waals surface area (Å²) in [7, 11) is -3.56. The maximum Gasteiger partial charge on any atom is 0.405 e. The lowest BCUT2D eigenvalue weighted by molar-refractivity contribution is 0.207. The van der Waals surface area contributed by atoms with Gasteiger partial charge in [0.1, 0.15) is 0 Å². The van der Waals surface area contributed by atoms with Crippen LogP contribution in [0.5, 0.6) is 0 Å². The van der Waals surface area contributed by atoms with E-state index in [1.807, 2.05) is 0 Å². The van der Waals surface area contributed by atoms with Crippen LogP contribution in [0.25, 0.3) is 0 Å². The highest BCUT2D eigenvalue weighted by Gasteiger charge is 2.29. The van der Waals surface area contributed by atoms with E-state index in [2.05, 4.69) is 0 Å². The second-order valence-corrected chi connectivity index (χ2v) is 5.56. The average molecular weight is 242 g/mol. The van der Waals surface area contributed by atoms with Crippen molar-refractivity contribution >= 4 is 19.3 Å². The van der Waals surface area contributed by atoms with Crippen LogP contribution in [0.4, 0.5) is 0 Å². The fourth-order valence-corrected chi connectivity index (χ4v) is 3.08. The van der Waals surface area contributed by atoms with E-state index in [1.54, 1.807) is 0 Å². The summed E-state index contributed by atoms with van der Waals surface area (Å²) in [5.74, 6) is 0.355. The minimum atomic E-state index is -3.56. The van der Waals surface area contributed by atoms with Crippen LogP contribution < -0.4 is 0 Å². The Kier molecular flexibility index (Phi) is 5.42. The van der Waals surface area contributed by atoms with Crippen molar-refractivity contribution in [3.05, 3.63) is 0 Å². The highest BCUT2D eigenvalue weighted by Crippen LogP contribution is 2.46. The maximum atomic E-state index is 11.7. The summed E-state index contributed by atoms with van der Waals surface area (Å²) in [6.07, 6.45) is 3.95. The Morgan fingerprint density at radius 1 is 1.36 bits per heavy atom. The molecular formula is C8H17ClNO3P. The van der Waals surface area contributed by atoms with Gasteiger partial charge in [-0.25, -0.2) is 9.24 Å². The first-order chi connectivity index (χ1) is 6.67. The van der Waals surface area contributed by atoms with Gasteiger partial charge in [0.25, 0.3) is 0 Å². The summed E-state index contributed by atoms with van der Waals surface area (Å²) in [5.41, 5.74) is 0. The molecule has 0 aromatic carbocycles. The molecule has 1 N–H and O–H groups in total. The first-order valence-corrected chi connectivity index (χ1v) is 7.02. The molecule has 0 radical (unpaired) electrons. The molecule has 14 heavy (non-hydrogen) atoms. The zero-order valence-corrected chi connectivity index (χ0v) is 9.84. The number of hydrogen-bond acceptors (Lipinski definition) is 2. The molecule has 1 unspecified atom stereocenters. The zero-order chi connectivity index (χ0) is 10.4. The monoisotopic (exact) mass is 241 g/mol. The van der Waals surface area contributed by atoms with Crippen LogP contribution in [0.2, 0.25) is 0 Å². The van der Waals surface area contributed by atoms with E-state index in [9.17, 15) is 9.46 Å². The van der Waals surface area contributed by atoms with Crippen LogP contribution in [0.15, 0.2) is 0 Å². The van der Waals surface area contributed by atoms with Gasteiger partial charge in [-0.3, -0.25) is 4.52 Å². The van der Waals surface area contributed by atoms with Gasteiger partial charge in [0.2, 0.25) is 0 Å². The van der Waals surface area contributed by atoms with Crippen molar-refractivity contribution in [1.82, 2.24) is 4.67 Å². The van der Waals surface area contributed by atoms with Gasteiger partial charge in [0.05, 0.1) is 6.61 Å². The number of hydrogen-bond donors (Lipinski definition) is 1. The Morgan fingerprint density at radius 2 is 2.07 bits per heavy atom. The smallest absolute Gasteiger partial charge is 0.312 e. The average Bonchev–Trinajstić information content (AvgIpc) is 2.20. The molecule has 0 saturated carbocycles. The van der Waals surface area contributed by atoms with Crippen molar-refractivity contribution in [1.29, 1.82) is 0 Å². The van der Waals surface area contributed by atoms with Gasteiger partial charge in [-0.05, 0) is 12.8 Å². The second-order valence-electron chi connectivity index (χ2n) is 3.38. The van der Waals surface area contributed by atoms with E-state index < -0.39 is 7.75 Å². The van der Waals surface area contributed by atoms with Crippen molar-refractivity contribution in [3.63, 3.8) is 0 Å². The van der Waals surface area contributed by atoms with Gasteiger partial charge < -0.3 is 4.89 Å². The molecule has 1 atom stereocenters. The van der Waals surface area contributed by atoms with Gasteiger partial charge in [-0.2, -0.15) is 0 Å². The summed E-state index contributed by atoms with van der Waals surface area (Å²) >= 11 is 5.57. The van der Waals surface area contributed by atoms with Crippen LogP contribution in [0.1, 0.15) is 25.7 Å². The number of rotatable bonds is 2. The van der Waals surface area contributed by atoms with Crippen LogP contribution >= 0.6 is 19.3 Å². The molecule has 1 aliphatic heterocycles. The molecule has 84 valence electrons. The van der Waals surface area contributed by atoms with Crippen molar-refractivity contribution in [2.75, 3.05) is 25.6 Å². The Balaban J connectivity index is 2.58. The number of halogens is 1. The minimum Gasteiger partial charge on any atom is -0.312 e. The van der Waals surface area contributed by atoms with E-state index in [4.69, 9.17) is 16.1 Å². The fourth-order valence-electron chi connectivity index (χ4n) is 1.48. The van der Waals surface area contributed by atoms with Gasteiger partial charge in [0.15, 0.2) is 0 Å². The van der Waals surface area contributed by atoms with Crippen LogP contribution in [0.3, 0.4) is 0 Å². The molecule has 6 heteroatoms. The molecule has 1 fully saturated rings. The molecule has 0 bridgehead atoms. The Bertz CT molecular complexity index is 215. The summed E-state index contributed by atoms with van der Waals surface area (Å²) in [6.45, 7) is 1.38. The van der Waals surface area contributed by atoms with E-state index in [0.29, 0.717) is 25.6 Å². The SMILES string of the molecule is O=P1(O)OCCCCCCN1CCCl. The third-order valence-electron chi connectivity index (χ3n) is 2.27. The highest BCUT2D eigenvalue weighted by atomic mass is 35.5. The van der Waals surface area contributed by atoms with E-state index in [0.717, 1.165) is 25.7 Å². The Labute approximate surface area is 89.8 Å². The van der Waals surface area contributed by atoms with Gasteiger partial charge in [-0.1, -0.05) is 12.8 Å². The first kappa shape index (κ1) is 12.5. The largest absolute Gasteiger partial charge is 0.405 e. The molecule has 1 saturated heterocycles. The van der Waals surface area contributed by atoms with E-state index in [-0.39, 0.29) is 0 Å². The summed E-state index contributed by atoms with van der Waals surface area (Å²) in [5, 5.41) is 0. The molecule has 0 spiro atoms. The normalized spacial score (nSPS) is 31.9. The topological polar surface area (TPSA) is 49.8 Å². The van der Waals surface area contributed by atoms with Crippen molar-refractivity contribution in [3.8, 4) is 0 Å². The van der Waals surface area contributed by atoms with Crippen molar-refractivity contribution in [2.45, 2.75) is 25.7 Å². The zero-order valence-electron chi connectivity index (χ0n) is 8.19. The van der Waals surface area contributed by atoms with Crippen molar-refractivity contribution < 1.29 is 14.0 Å². The molecule has 0 aliphatic carbocycles. The summed E-state index contributed by atoms with van der Waals surface area (Å²) in [6, 6.07) is 0. The molecule has 0 aromatic heterocycles. The molecule has 1 rings (SSSR count). The van der Waals surface area contributed by atoms with Crippen LogP contribution in [-0.4, -0.2) is 35.1 Å². The number of alkyl halides is 1. The lowest BCUT2D eigenvalue weighted by Crippen LogP contribution is -2.24. The van der Waals surface area contributed by atoms with Gasteiger partial charge >= 0.3 is 7.75 Å². The predicted molar refractivity (Wildman–Crippen MR) is 56.5 cm³/mol. The molecule has 4 nitrogen and oxygen atoms in total. The lowest BCUT2D eigenvalue weighted by Gasteiger charge is -2.24. The molecule has 0 amide bonds. The van der Waals surface area contributed by atoms with E-state index in [1.165, 1.54) is 4.67 Å². The number of nitrogens with zero attached hydrogens (tertiary/aromatic N) is 1. The quantitative estimate of drug-likeness (QED) is 0.595. The van der Waals surface area contributed by atoms with E-state index >= 15 is 0 Å².